The number of aromatic nitrogens is 3. The van der Waals surface area contributed by atoms with Gasteiger partial charge in [0.1, 0.15) is 0 Å². The summed E-state index contributed by atoms with van der Waals surface area (Å²) in [4.78, 5) is 9.89. The van der Waals surface area contributed by atoms with Gasteiger partial charge in [0.15, 0.2) is 0 Å². The van der Waals surface area contributed by atoms with E-state index in [1.54, 1.807) is 0 Å². The second-order valence-corrected chi connectivity index (χ2v) is 30.7. The summed E-state index contributed by atoms with van der Waals surface area (Å²) in [6, 6.07) is 52.0. The summed E-state index contributed by atoms with van der Waals surface area (Å²) in [5.41, 5.74) is 13.5. The van der Waals surface area contributed by atoms with Crippen LogP contribution in [0.15, 0.2) is 134 Å². The Morgan fingerprint density at radius 1 is 0.672 bits per heavy atom. The molecule has 0 atom stereocenters. The maximum atomic E-state index is 8.56. The van der Waals surface area contributed by atoms with Crippen molar-refractivity contribution in [3.8, 4) is 39.5 Å². The molecule has 0 unspecified atom stereocenters. The van der Waals surface area contributed by atoms with E-state index in [2.05, 4.69) is 178 Å². The molecule has 0 spiro atoms. The summed E-state index contributed by atoms with van der Waals surface area (Å²) in [5.74, 6) is 8.85. The third kappa shape index (κ3) is 9.94. The van der Waals surface area contributed by atoms with Crippen molar-refractivity contribution in [2.24, 2.45) is 5.92 Å². The van der Waals surface area contributed by atoms with Crippen LogP contribution in [0, 0.1) is 18.1 Å². The molecule has 0 bridgehead atoms. The van der Waals surface area contributed by atoms with Crippen molar-refractivity contribution in [1.82, 2.24) is 14.5 Å². The van der Waals surface area contributed by atoms with Crippen molar-refractivity contribution in [3.63, 3.8) is 0 Å². The summed E-state index contributed by atoms with van der Waals surface area (Å²) in [6.45, 7) is 17.6. The van der Waals surface area contributed by atoms with Crippen LogP contribution in [-0.4, -0.2) is 27.8 Å². The van der Waals surface area contributed by atoms with Gasteiger partial charge in [0, 0.05) is 30.5 Å². The van der Waals surface area contributed by atoms with E-state index < -0.39 is 19.6 Å². The fourth-order valence-corrected chi connectivity index (χ4v) is 12.5. The molecule has 3 aromatic heterocycles. The summed E-state index contributed by atoms with van der Waals surface area (Å²) >= 11 is -0.357. The minimum Gasteiger partial charge on any atom is 0 e. The number of rotatable bonds is 10. The Morgan fingerprint density at radius 3 is 1.98 bits per heavy atom. The Bertz CT molecular complexity index is 3100. The van der Waals surface area contributed by atoms with Gasteiger partial charge in [-0.2, -0.15) is 11.3 Å². The van der Waals surface area contributed by atoms with E-state index in [1.807, 2.05) is 61.7 Å². The van der Waals surface area contributed by atoms with E-state index in [1.165, 1.54) is 53.7 Å². The predicted octanol–water partition coefficient (Wildman–Crippen LogP) is 16.2. The molecule has 1 radical (unpaired) electrons. The van der Waals surface area contributed by atoms with Crippen LogP contribution in [0.1, 0.15) is 98.1 Å². The number of thiophene rings is 1. The number of hydrogen-bond donors (Lipinski definition) is 0. The van der Waals surface area contributed by atoms with Crippen LogP contribution in [0.5, 0.6) is 0 Å². The van der Waals surface area contributed by atoms with Gasteiger partial charge in [-0.3, -0.25) is 4.98 Å². The van der Waals surface area contributed by atoms with Crippen LogP contribution < -0.4 is 4.40 Å². The van der Waals surface area contributed by atoms with Crippen molar-refractivity contribution < 1.29 is 22.8 Å². The summed E-state index contributed by atoms with van der Waals surface area (Å²) in [6.07, 6.45) is 0.562. The standard InChI is InChI=1S/C40H37N2S.C18H24GeN.Ir/c1-24(2)28-16-18-37-33(20-28)34-21-29(17-19-38(34)43-37)40-41-35-14-10-11-15-36(35)42(40)39-31(25(3)4)22-30(23-32(39)26(5)6)27-12-8-7-9-13-27;1-14(2)11-16-12-18(15-9-7-6-8-10-15)20-13-17(16)19(3,4)5;/h7-16,18-26H,1-6H3;6-9,12-14H,11H2,1-5H3;/q2*-1;/i;11D2;. The number of para-hydroxylation sites is 2. The summed E-state index contributed by atoms with van der Waals surface area (Å²) < 4.78 is 23.3. The molecule has 64 heavy (non-hydrogen) atoms. The topological polar surface area (TPSA) is 30.7 Å². The molecule has 3 nitrogen and oxygen atoms in total. The first-order valence-corrected chi connectivity index (χ1v) is 30.7. The number of fused-ring (bicyclic) bond motifs is 4. The maximum Gasteiger partial charge on any atom is 0 e. The van der Waals surface area contributed by atoms with Crippen LogP contribution in [0.3, 0.4) is 0 Å². The molecule has 9 rings (SSSR count). The zero-order chi connectivity index (χ0) is 46.4. The third-order valence-corrected chi connectivity index (χ3v) is 17.1. The maximum absolute atomic E-state index is 8.56. The zero-order valence-corrected chi connectivity index (χ0v) is 44.4. The third-order valence-electron chi connectivity index (χ3n) is 11.8. The van der Waals surface area contributed by atoms with E-state index in [9.17, 15) is 0 Å². The zero-order valence-electron chi connectivity index (χ0n) is 41.1. The molecule has 0 saturated heterocycles. The number of pyridine rings is 1. The quantitative estimate of drug-likeness (QED) is 0.101. The Morgan fingerprint density at radius 2 is 1.34 bits per heavy atom. The van der Waals surface area contributed by atoms with E-state index >= 15 is 0 Å². The van der Waals surface area contributed by atoms with Crippen molar-refractivity contribution in [1.29, 1.82) is 0 Å². The molecule has 0 aliphatic carbocycles. The van der Waals surface area contributed by atoms with Crippen molar-refractivity contribution >= 4 is 60.2 Å². The molecule has 3 heterocycles. The molecule has 0 saturated carbocycles. The Labute approximate surface area is 404 Å². The SMILES string of the molecule is CC(C)c1ccc2sc3c[c-]c(-c4nc5ccccc5n4-c4c(C(C)C)cc(-c5ccccc5)cc4C(C)C)cc3c2c1.[2H]C([2H])(c1cc(-c2[c-]cccc2)nc[c]1[Ge]([CH3])([CH3])[CH3])C(C)C.[Ir]. The molecule has 329 valence electrons. The summed E-state index contributed by atoms with van der Waals surface area (Å²) in [5, 5.41) is 2.60. The largest absolute Gasteiger partial charge is 0 e. The number of imidazole rings is 1. The van der Waals surface area contributed by atoms with Crippen LogP contribution in [0.2, 0.25) is 17.3 Å². The average molecular weight is 1100 g/mol. The Balaban J connectivity index is 0.000000239. The van der Waals surface area contributed by atoms with E-state index in [0.717, 1.165) is 43.6 Å². The monoisotopic (exact) mass is 1100 g/mol. The second-order valence-electron chi connectivity index (χ2n) is 19.0. The molecule has 0 amide bonds. The number of hydrogen-bond acceptors (Lipinski definition) is 3. The van der Waals surface area contributed by atoms with Gasteiger partial charge in [-0.05, 0) is 86.0 Å². The Hall–Kier alpha value is -4.65. The normalized spacial score (nSPS) is 12.5. The van der Waals surface area contributed by atoms with Crippen molar-refractivity contribution in [2.75, 3.05) is 0 Å². The van der Waals surface area contributed by atoms with Crippen LogP contribution in [-0.2, 0) is 26.5 Å². The molecule has 0 aliphatic rings. The van der Waals surface area contributed by atoms with Crippen LogP contribution in [0.4, 0.5) is 0 Å². The minimum absolute atomic E-state index is 0. The predicted molar refractivity (Wildman–Crippen MR) is 276 cm³/mol. The smallest absolute Gasteiger partial charge is 0 e. The van der Waals surface area contributed by atoms with E-state index in [-0.39, 0.29) is 26.0 Å². The Kier molecular flexibility index (Phi) is 13.8. The average Bonchev–Trinajstić information content (AvgIpc) is 3.86. The molecule has 6 aromatic carbocycles. The van der Waals surface area contributed by atoms with Gasteiger partial charge < -0.3 is 4.57 Å². The van der Waals surface area contributed by atoms with Crippen molar-refractivity contribution in [2.45, 2.75) is 96.8 Å². The first kappa shape index (κ1) is 44.6. The summed E-state index contributed by atoms with van der Waals surface area (Å²) in [7, 11) is 0. The van der Waals surface area contributed by atoms with Gasteiger partial charge in [0.25, 0.3) is 0 Å². The van der Waals surface area contributed by atoms with Gasteiger partial charge in [-0.25, -0.2) is 0 Å². The van der Waals surface area contributed by atoms with Crippen molar-refractivity contribution in [3.05, 3.63) is 168 Å². The first-order chi connectivity index (χ1) is 30.9. The fourth-order valence-electron chi connectivity index (χ4n) is 8.46. The number of benzene rings is 6. The van der Waals surface area contributed by atoms with Gasteiger partial charge in [-0.1, -0.05) is 102 Å². The molecule has 0 fully saturated rings. The molecular weight excluding hydrogens is 1040 g/mol. The van der Waals surface area contributed by atoms with E-state index in [4.69, 9.17) is 7.73 Å². The first-order valence-electron chi connectivity index (χ1n) is 23.5. The van der Waals surface area contributed by atoms with Crippen LogP contribution >= 0.6 is 11.3 Å². The molecule has 0 N–H and O–H groups in total. The van der Waals surface area contributed by atoms with Gasteiger partial charge in [0.2, 0.25) is 0 Å². The fraction of sp³-hybridized carbons (Fsp3) is 0.276. The molecule has 9 aromatic rings. The molecule has 6 heteroatoms. The minimum atomic E-state index is -2.20. The van der Waals surface area contributed by atoms with Gasteiger partial charge in [0.05, 0.1) is 16.9 Å². The molecular formula is C58H61GeIrN3S-2. The number of nitrogens with zero attached hydrogens (tertiary/aromatic N) is 3. The van der Waals surface area contributed by atoms with Gasteiger partial charge >= 0.3 is 128 Å². The van der Waals surface area contributed by atoms with Gasteiger partial charge in [-0.15, -0.1) is 23.8 Å². The molecule has 0 aliphatic heterocycles. The van der Waals surface area contributed by atoms with Crippen LogP contribution in [0.25, 0.3) is 70.7 Å². The second kappa shape index (κ2) is 19.8. The van der Waals surface area contributed by atoms with E-state index in [0.29, 0.717) is 17.8 Å².